The van der Waals surface area contributed by atoms with E-state index in [9.17, 15) is 4.79 Å². The van der Waals surface area contributed by atoms with E-state index in [0.717, 1.165) is 31.0 Å². The van der Waals surface area contributed by atoms with Crippen LogP contribution in [0.1, 0.15) is 35.9 Å². The van der Waals surface area contributed by atoms with E-state index >= 15 is 0 Å². The zero-order valence-electron chi connectivity index (χ0n) is 15.6. The van der Waals surface area contributed by atoms with Crippen molar-refractivity contribution in [1.82, 2.24) is 9.88 Å². The molecule has 2 aromatic carbocycles. The van der Waals surface area contributed by atoms with Crippen LogP contribution in [0.2, 0.25) is 0 Å². The van der Waals surface area contributed by atoms with Crippen molar-refractivity contribution in [1.29, 1.82) is 0 Å². The Morgan fingerprint density at radius 1 is 1.11 bits per heavy atom. The molecule has 3 nitrogen and oxygen atoms in total. The Balaban J connectivity index is 1.48. The lowest BCUT2D eigenvalue weighted by molar-refractivity contribution is 0.0677. The van der Waals surface area contributed by atoms with Gasteiger partial charge >= 0.3 is 0 Å². The molecule has 1 unspecified atom stereocenters. The number of carbonyl (C=O) groups is 1. The van der Waals surface area contributed by atoms with Gasteiger partial charge < -0.3 is 4.90 Å². The highest BCUT2D eigenvalue weighted by Gasteiger charge is 2.22. The van der Waals surface area contributed by atoms with Crippen molar-refractivity contribution < 1.29 is 4.79 Å². The van der Waals surface area contributed by atoms with Gasteiger partial charge in [-0.2, -0.15) is 0 Å². The molecule has 138 valence electrons. The van der Waals surface area contributed by atoms with E-state index in [1.807, 2.05) is 23.1 Å². The summed E-state index contributed by atoms with van der Waals surface area (Å²) in [5.74, 6) is 1.40. The van der Waals surface area contributed by atoms with Crippen molar-refractivity contribution in [2.45, 2.75) is 30.4 Å². The molecule has 4 heteroatoms. The van der Waals surface area contributed by atoms with Crippen LogP contribution in [0.5, 0.6) is 0 Å². The predicted octanol–water partition coefficient (Wildman–Crippen LogP) is 5.40. The quantitative estimate of drug-likeness (QED) is 0.572. The number of nitrogens with zero attached hydrogens (tertiary/aromatic N) is 2. The van der Waals surface area contributed by atoms with Gasteiger partial charge in [0.15, 0.2) is 0 Å². The summed E-state index contributed by atoms with van der Waals surface area (Å²) in [5, 5.41) is 2.51. The van der Waals surface area contributed by atoms with E-state index in [-0.39, 0.29) is 5.91 Å². The first-order chi connectivity index (χ1) is 13.2. The fourth-order valence-corrected chi connectivity index (χ4v) is 4.67. The standard InChI is InChI=1S/C23H24N2OS/c1-17-7-6-14-25(15-17)23(26)21-12-5-10-19(24-21)16-27-22-13-4-9-18-8-2-3-11-20(18)22/h2-5,8-13,17H,6-7,14-16H2,1H3. The van der Waals surface area contributed by atoms with Crippen LogP contribution in [0.3, 0.4) is 0 Å². The highest BCUT2D eigenvalue weighted by Crippen LogP contribution is 2.30. The average Bonchev–Trinajstić information content (AvgIpc) is 2.72. The van der Waals surface area contributed by atoms with Gasteiger partial charge in [0.05, 0.1) is 5.69 Å². The summed E-state index contributed by atoms with van der Waals surface area (Å²) >= 11 is 1.77. The maximum absolute atomic E-state index is 12.8. The highest BCUT2D eigenvalue weighted by atomic mass is 32.2. The molecule has 1 amide bonds. The van der Waals surface area contributed by atoms with Gasteiger partial charge in [0.2, 0.25) is 0 Å². The third kappa shape index (κ3) is 4.16. The van der Waals surface area contributed by atoms with Crippen LogP contribution in [-0.4, -0.2) is 28.9 Å². The Morgan fingerprint density at radius 2 is 1.93 bits per heavy atom. The van der Waals surface area contributed by atoms with Gasteiger partial charge in [0, 0.05) is 23.7 Å². The van der Waals surface area contributed by atoms with Crippen molar-refractivity contribution in [3.05, 3.63) is 72.1 Å². The number of benzene rings is 2. The van der Waals surface area contributed by atoms with Crippen molar-refractivity contribution in [2.75, 3.05) is 13.1 Å². The van der Waals surface area contributed by atoms with E-state index in [1.165, 1.54) is 22.1 Å². The minimum absolute atomic E-state index is 0.0681. The fraction of sp³-hybridized carbons (Fsp3) is 0.304. The van der Waals surface area contributed by atoms with E-state index in [2.05, 4.69) is 54.4 Å². The normalized spacial score (nSPS) is 17.2. The van der Waals surface area contributed by atoms with Crippen LogP contribution in [0.25, 0.3) is 10.8 Å². The summed E-state index contributed by atoms with van der Waals surface area (Å²) < 4.78 is 0. The number of carbonyl (C=O) groups excluding carboxylic acids is 1. The highest BCUT2D eigenvalue weighted by molar-refractivity contribution is 7.98. The Kier molecular flexibility index (Phi) is 5.44. The van der Waals surface area contributed by atoms with Crippen LogP contribution in [0, 0.1) is 5.92 Å². The van der Waals surface area contributed by atoms with E-state index in [0.29, 0.717) is 11.6 Å². The molecule has 1 aliphatic rings. The first-order valence-electron chi connectivity index (χ1n) is 9.56. The molecule has 1 aliphatic heterocycles. The third-order valence-electron chi connectivity index (χ3n) is 5.10. The predicted molar refractivity (Wildman–Crippen MR) is 112 cm³/mol. The minimum Gasteiger partial charge on any atom is -0.337 e. The smallest absolute Gasteiger partial charge is 0.272 e. The maximum Gasteiger partial charge on any atom is 0.272 e. The second kappa shape index (κ2) is 8.13. The number of fused-ring (bicyclic) bond motifs is 1. The number of pyridine rings is 1. The molecule has 0 saturated carbocycles. The van der Waals surface area contributed by atoms with Gasteiger partial charge in [-0.25, -0.2) is 4.98 Å². The van der Waals surface area contributed by atoms with Crippen molar-refractivity contribution >= 4 is 28.4 Å². The molecule has 2 heterocycles. The molecule has 1 aromatic heterocycles. The van der Waals surface area contributed by atoms with Gasteiger partial charge in [-0.15, -0.1) is 11.8 Å². The number of aromatic nitrogens is 1. The van der Waals surface area contributed by atoms with Gasteiger partial charge in [0.1, 0.15) is 5.69 Å². The van der Waals surface area contributed by atoms with Crippen LogP contribution in [-0.2, 0) is 5.75 Å². The molecular weight excluding hydrogens is 352 g/mol. The summed E-state index contributed by atoms with van der Waals surface area (Å²) in [5.41, 5.74) is 1.52. The van der Waals surface area contributed by atoms with Crippen molar-refractivity contribution in [2.24, 2.45) is 5.92 Å². The molecule has 0 bridgehead atoms. The van der Waals surface area contributed by atoms with Gasteiger partial charge in [0.25, 0.3) is 5.91 Å². The third-order valence-corrected chi connectivity index (χ3v) is 6.20. The summed E-state index contributed by atoms with van der Waals surface area (Å²) in [4.78, 5) is 20.7. The SMILES string of the molecule is CC1CCCN(C(=O)c2cccc(CSc3cccc4ccccc34)n2)C1. The molecule has 1 fully saturated rings. The molecule has 0 N–H and O–H groups in total. The van der Waals surface area contributed by atoms with E-state index in [1.54, 1.807) is 11.8 Å². The van der Waals surface area contributed by atoms with Gasteiger partial charge in [-0.05, 0) is 47.7 Å². The molecule has 0 spiro atoms. The van der Waals surface area contributed by atoms with Gasteiger partial charge in [-0.1, -0.05) is 49.4 Å². The number of rotatable bonds is 4. The molecular formula is C23H24N2OS. The number of hydrogen-bond donors (Lipinski definition) is 0. The first-order valence-corrected chi connectivity index (χ1v) is 10.5. The lowest BCUT2D eigenvalue weighted by atomic mass is 10.00. The number of thioether (sulfide) groups is 1. The van der Waals surface area contributed by atoms with Crippen LogP contribution in [0.15, 0.2) is 65.6 Å². The van der Waals surface area contributed by atoms with Crippen LogP contribution < -0.4 is 0 Å². The lowest BCUT2D eigenvalue weighted by Crippen LogP contribution is -2.39. The second-order valence-electron chi connectivity index (χ2n) is 7.28. The Bertz CT molecular complexity index is 951. The minimum atomic E-state index is 0.0681. The Hall–Kier alpha value is -2.33. The first kappa shape index (κ1) is 18.1. The largest absolute Gasteiger partial charge is 0.337 e. The lowest BCUT2D eigenvalue weighted by Gasteiger charge is -2.30. The van der Waals surface area contributed by atoms with Crippen LogP contribution in [0.4, 0.5) is 0 Å². The molecule has 1 saturated heterocycles. The molecule has 0 radical (unpaired) electrons. The molecule has 3 aromatic rings. The maximum atomic E-state index is 12.8. The summed E-state index contributed by atoms with van der Waals surface area (Å²) in [7, 11) is 0. The van der Waals surface area contributed by atoms with Crippen molar-refractivity contribution in [3.63, 3.8) is 0 Å². The Labute approximate surface area is 164 Å². The second-order valence-corrected chi connectivity index (χ2v) is 8.30. The monoisotopic (exact) mass is 376 g/mol. The van der Waals surface area contributed by atoms with Crippen LogP contribution >= 0.6 is 11.8 Å². The molecule has 0 aliphatic carbocycles. The number of hydrogen-bond acceptors (Lipinski definition) is 3. The summed E-state index contributed by atoms with van der Waals surface area (Å²) in [6.07, 6.45) is 2.29. The molecule has 27 heavy (non-hydrogen) atoms. The average molecular weight is 377 g/mol. The fourth-order valence-electron chi connectivity index (χ4n) is 3.69. The van der Waals surface area contributed by atoms with Gasteiger partial charge in [-0.3, -0.25) is 4.79 Å². The number of piperidine rings is 1. The topological polar surface area (TPSA) is 33.2 Å². The number of amides is 1. The number of likely N-dealkylation sites (tertiary alicyclic amines) is 1. The molecule has 4 rings (SSSR count). The Morgan fingerprint density at radius 3 is 2.81 bits per heavy atom. The summed E-state index contributed by atoms with van der Waals surface area (Å²) in [6, 6.07) is 20.6. The summed E-state index contributed by atoms with van der Waals surface area (Å²) in [6.45, 7) is 3.90. The van der Waals surface area contributed by atoms with E-state index in [4.69, 9.17) is 0 Å². The van der Waals surface area contributed by atoms with E-state index < -0.39 is 0 Å². The zero-order valence-corrected chi connectivity index (χ0v) is 16.4. The van der Waals surface area contributed by atoms with Crippen molar-refractivity contribution in [3.8, 4) is 0 Å². The zero-order chi connectivity index (χ0) is 18.6. The molecule has 1 atom stereocenters.